The second kappa shape index (κ2) is 18.8. The molecule has 0 aliphatic carbocycles. The van der Waals surface area contributed by atoms with Crippen LogP contribution >= 0.6 is 0 Å². The van der Waals surface area contributed by atoms with E-state index in [0.717, 1.165) is 44.0 Å². The molecule has 3 aliphatic rings. The van der Waals surface area contributed by atoms with E-state index >= 15 is 0 Å². The number of rotatable bonds is 17. The molecule has 1 unspecified atom stereocenters. The van der Waals surface area contributed by atoms with Gasteiger partial charge in [0.2, 0.25) is 17.7 Å². The number of carbonyl (C=O) groups excluding carboxylic acids is 4. The van der Waals surface area contributed by atoms with Gasteiger partial charge in [-0.15, -0.1) is 0 Å². The van der Waals surface area contributed by atoms with Gasteiger partial charge in [0.25, 0.3) is 5.91 Å². The van der Waals surface area contributed by atoms with E-state index in [4.69, 9.17) is 14.2 Å². The fraction of sp³-hybridized carbons (Fsp3) is 0.500. The van der Waals surface area contributed by atoms with Gasteiger partial charge in [-0.1, -0.05) is 6.07 Å². The van der Waals surface area contributed by atoms with Crippen molar-refractivity contribution >= 4 is 61.7 Å². The van der Waals surface area contributed by atoms with Crippen molar-refractivity contribution in [3.63, 3.8) is 0 Å². The fourth-order valence-electron chi connectivity index (χ4n) is 7.52. The maximum Gasteiger partial charge on any atom is 0.255 e. The number of piperidine rings is 1. The zero-order valence-corrected chi connectivity index (χ0v) is 36.5. The van der Waals surface area contributed by atoms with Gasteiger partial charge < -0.3 is 29.7 Å². The molecule has 5 heterocycles. The van der Waals surface area contributed by atoms with Gasteiger partial charge in [-0.05, 0) is 59.2 Å². The molecule has 19 nitrogen and oxygen atoms in total. The molecule has 4 N–H and O–H groups in total. The number of imide groups is 1. The van der Waals surface area contributed by atoms with Gasteiger partial charge in [-0.25, -0.2) is 18.4 Å². The molecule has 4 amide bonds. The third-order valence-corrected chi connectivity index (χ3v) is 13.9. The Bertz CT molecular complexity index is 2440. The highest BCUT2D eigenvalue weighted by Gasteiger charge is 2.40. The number of sulfone groups is 1. The predicted octanol–water partition coefficient (Wildman–Crippen LogP) is 2.71. The Balaban J connectivity index is 0.814. The number of aromatic amines is 1. The summed E-state index contributed by atoms with van der Waals surface area (Å²) in [5.74, 6) is -0.251. The van der Waals surface area contributed by atoms with E-state index < -0.39 is 26.5 Å². The molecule has 62 heavy (non-hydrogen) atoms. The van der Waals surface area contributed by atoms with Gasteiger partial charge in [0.05, 0.1) is 30.1 Å². The van der Waals surface area contributed by atoms with Gasteiger partial charge in [0.15, 0.2) is 15.7 Å². The molecular formula is C42H54N10O9S. The first-order valence-electron chi connectivity index (χ1n) is 20.7. The molecule has 7 rings (SSSR count). The Hall–Kier alpha value is -5.54. The highest BCUT2D eigenvalue weighted by atomic mass is 32.2. The Kier molecular flexibility index (Phi) is 13.5. The fourth-order valence-corrected chi connectivity index (χ4v) is 8.84. The minimum absolute atomic E-state index is 0.0826. The maximum atomic E-state index is 13.9. The highest BCUT2D eigenvalue weighted by molar-refractivity contribution is 7.92. The predicted molar refractivity (Wildman–Crippen MR) is 229 cm³/mol. The lowest BCUT2D eigenvalue weighted by Crippen LogP contribution is -2.52. The zero-order chi connectivity index (χ0) is 44.2. The van der Waals surface area contributed by atoms with E-state index in [1.54, 1.807) is 51.1 Å². The average molecular weight is 875 g/mol. The highest BCUT2D eigenvalue weighted by Crippen LogP contribution is 2.37. The molecule has 2 fully saturated rings. The molecule has 0 radical (unpaired) electrons. The van der Waals surface area contributed by atoms with E-state index in [2.05, 4.69) is 45.9 Å². The van der Waals surface area contributed by atoms with Crippen LogP contribution in [0.1, 0.15) is 60.8 Å². The SMILES string of the molecule is Cc1[nH]nc(Nc2ncnc3cc(OCCN4CCN(CCOCCOCC(=O)Nc5cccc6c5CN(C5CCC(=O)NC5=O)C6=O)CC4)c(S(=O)(=O)C(C)(C)C)cc23)c1C. The molecule has 2 aromatic carbocycles. The van der Waals surface area contributed by atoms with Crippen molar-refractivity contribution in [1.29, 1.82) is 0 Å². The number of nitrogens with zero attached hydrogens (tertiary/aromatic N) is 6. The van der Waals surface area contributed by atoms with Crippen molar-refractivity contribution in [2.45, 2.75) is 69.7 Å². The van der Waals surface area contributed by atoms with E-state index in [1.807, 2.05) is 13.8 Å². The smallest absolute Gasteiger partial charge is 0.255 e. The van der Waals surface area contributed by atoms with Crippen LogP contribution in [0, 0.1) is 13.8 Å². The summed E-state index contributed by atoms with van der Waals surface area (Å²) in [6.45, 7) is 14.8. The Morgan fingerprint density at radius 2 is 1.66 bits per heavy atom. The molecule has 1 atom stereocenters. The lowest BCUT2D eigenvalue weighted by Gasteiger charge is -2.34. The third-order valence-electron chi connectivity index (χ3n) is 11.4. The van der Waals surface area contributed by atoms with Gasteiger partial charge >= 0.3 is 0 Å². The minimum atomic E-state index is -3.81. The summed E-state index contributed by atoms with van der Waals surface area (Å²) in [5, 5.41) is 16.1. The van der Waals surface area contributed by atoms with Crippen molar-refractivity contribution in [1.82, 2.24) is 40.2 Å². The number of anilines is 3. The molecule has 3 aliphatic heterocycles. The Labute approximate surface area is 360 Å². The monoisotopic (exact) mass is 874 g/mol. The Morgan fingerprint density at radius 3 is 2.35 bits per heavy atom. The molecule has 4 aromatic rings. The number of aryl methyl sites for hydroxylation is 1. The number of aromatic nitrogens is 4. The second-order valence-corrected chi connectivity index (χ2v) is 19.2. The van der Waals surface area contributed by atoms with Gasteiger partial charge in [-0.3, -0.25) is 39.4 Å². The minimum Gasteiger partial charge on any atom is -0.491 e. The van der Waals surface area contributed by atoms with E-state index in [0.29, 0.717) is 59.1 Å². The molecule has 0 bridgehead atoms. The number of hydrogen-bond donors (Lipinski definition) is 4. The summed E-state index contributed by atoms with van der Waals surface area (Å²) < 4.78 is 44.2. The van der Waals surface area contributed by atoms with Crippen LogP contribution < -0.4 is 20.7 Å². The van der Waals surface area contributed by atoms with E-state index in [1.165, 1.54) is 11.2 Å². The van der Waals surface area contributed by atoms with Crippen molar-refractivity contribution in [3.05, 3.63) is 59.0 Å². The van der Waals surface area contributed by atoms with Gasteiger partial charge in [-0.2, -0.15) is 5.10 Å². The van der Waals surface area contributed by atoms with E-state index in [-0.39, 0.29) is 67.6 Å². The number of H-pyrrole nitrogens is 1. The summed E-state index contributed by atoms with van der Waals surface area (Å²) in [5.41, 5.74) is 3.88. The quantitative estimate of drug-likeness (QED) is 0.0883. The lowest BCUT2D eigenvalue weighted by molar-refractivity contribution is -0.137. The number of hydrogen-bond acceptors (Lipinski definition) is 15. The number of piperazine rings is 1. The zero-order valence-electron chi connectivity index (χ0n) is 35.7. The van der Waals surface area contributed by atoms with Crippen molar-refractivity contribution in [2.75, 3.05) is 82.9 Å². The van der Waals surface area contributed by atoms with Crippen LogP contribution in [-0.2, 0) is 40.2 Å². The normalized spacial score (nSPS) is 17.7. The summed E-state index contributed by atoms with van der Waals surface area (Å²) in [6.07, 6.45) is 1.84. The van der Waals surface area contributed by atoms with Crippen LogP contribution in [0.15, 0.2) is 41.6 Å². The Morgan fingerprint density at radius 1 is 0.935 bits per heavy atom. The van der Waals surface area contributed by atoms with Crippen LogP contribution in [0.2, 0.25) is 0 Å². The van der Waals surface area contributed by atoms with Crippen LogP contribution in [-0.4, -0.2) is 150 Å². The van der Waals surface area contributed by atoms with Crippen molar-refractivity contribution in [3.8, 4) is 5.75 Å². The second-order valence-electron chi connectivity index (χ2n) is 16.6. The first-order chi connectivity index (χ1) is 29.6. The molecule has 20 heteroatoms. The van der Waals surface area contributed by atoms with Gasteiger partial charge in [0, 0.05) is 91.8 Å². The van der Waals surface area contributed by atoms with Crippen LogP contribution in [0.4, 0.5) is 17.3 Å². The van der Waals surface area contributed by atoms with Crippen molar-refractivity contribution in [2.24, 2.45) is 0 Å². The summed E-state index contributed by atoms with van der Waals surface area (Å²) in [7, 11) is -3.81. The first kappa shape index (κ1) is 44.5. The number of ether oxygens (including phenoxy) is 3. The average Bonchev–Trinajstić information content (AvgIpc) is 3.74. The van der Waals surface area contributed by atoms with Crippen LogP contribution in [0.3, 0.4) is 0 Å². The molecule has 0 spiro atoms. The van der Waals surface area contributed by atoms with Gasteiger partial charge in [0.1, 0.15) is 42.0 Å². The number of carbonyl (C=O) groups is 4. The van der Waals surface area contributed by atoms with Crippen LogP contribution in [0.25, 0.3) is 10.9 Å². The number of fused-ring (bicyclic) bond motifs is 2. The number of benzene rings is 2. The molecule has 2 aromatic heterocycles. The first-order valence-corrected chi connectivity index (χ1v) is 22.2. The third kappa shape index (κ3) is 9.89. The summed E-state index contributed by atoms with van der Waals surface area (Å²) in [6, 6.07) is 7.55. The van der Waals surface area contributed by atoms with E-state index in [9.17, 15) is 27.6 Å². The molecule has 2 saturated heterocycles. The molecular weight excluding hydrogens is 821 g/mol. The number of amides is 4. The number of nitrogens with one attached hydrogen (secondary N) is 4. The largest absolute Gasteiger partial charge is 0.491 e. The summed E-state index contributed by atoms with van der Waals surface area (Å²) in [4.78, 5) is 64.7. The van der Waals surface area contributed by atoms with Crippen molar-refractivity contribution < 1.29 is 41.8 Å². The standard InChI is InChI=1S/C42H54N10O9S/c1-26-27(2)48-49-38(26)47-39-29-21-35(62(57,58)42(3,4)5)34(22-32(29)43-25-44-39)61-18-16-51-13-11-50(12-14-51)15-17-59-19-20-60-24-37(54)45-31-8-6-7-28-30(31)23-52(41(28)56)33-9-10-36(53)46-40(33)55/h6-8,21-22,25,33H,9-20,23-24H2,1-5H3,(H,45,54)(H,46,53,55)(H2,43,44,47,48,49). The molecule has 0 saturated carbocycles. The topological polar surface area (TPSA) is 230 Å². The lowest BCUT2D eigenvalue weighted by atomic mass is 10.0. The maximum absolute atomic E-state index is 13.9. The molecule has 332 valence electrons. The summed E-state index contributed by atoms with van der Waals surface area (Å²) >= 11 is 0. The van der Waals surface area contributed by atoms with Crippen LogP contribution in [0.5, 0.6) is 5.75 Å².